The summed E-state index contributed by atoms with van der Waals surface area (Å²) in [6, 6.07) is 15.4. The van der Waals surface area contributed by atoms with E-state index in [4.69, 9.17) is 0 Å². The Morgan fingerprint density at radius 3 is 2.54 bits per heavy atom. The summed E-state index contributed by atoms with van der Waals surface area (Å²) in [5, 5.41) is 9.44. The highest BCUT2D eigenvalue weighted by Gasteiger charge is 2.36. The largest absolute Gasteiger partial charge is 0.480 e. The van der Waals surface area contributed by atoms with Gasteiger partial charge in [-0.1, -0.05) is 36.4 Å². The summed E-state index contributed by atoms with van der Waals surface area (Å²) in [5.74, 6) is -0.780. The molecule has 1 saturated heterocycles. The zero-order chi connectivity index (χ0) is 18.1. The van der Waals surface area contributed by atoms with E-state index in [0.29, 0.717) is 13.0 Å². The molecule has 132 valence electrons. The number of carboxylic acids is 1. The van der Waals surface area contributed by atoms with Crippen molar-refractivity contribution in [2.45, 2.75) is 18.5 Å². The second kappa shape index (κ2) is 6.72. The van der Waals surface area contributed by atoms with Crippen LogP contribution in [-0.4, -0.2) is 50.1 Å². The number of likely N-dealkylation sites (N-methyl/N-ethyl adjacent to an activating group) is 1. The number of rotatable bonds is 4. The van der Waals surface area contributed by atoms with Crippen LogP contribution >= 0.6 is 0 Å². The van der Waals surface area contributed by atoms with Crippen molar-refractivity contribution < 1.29 is 9.90 Å². The molecule has 6 nitrogen and oxygen atoms in total. The second-order valence-electron chi connectivity index (χ2n) is 6.61. The molecule has 1 aromatic carbocycles. The van der Waals surface area contributed by atoms with Gasteiger partial charge in [-0.3, -0.25) is 14.7 Å². The Morgan fingerprint density at radius 2 is 1.88 bits per heavy atom. The Kier molecular flexibility index (Phi) is 4.26. The highest BCUT2D eigenvalue weighted by molar-refractivity contribution is 5.77. The minimum absolute atomic E-state index is 0.0445. The Morgan fingerprint density at radius 1 is 1.12 bits per heavy atom. The molecular formula is C20H20N4O2. The molecule has 1 N–H and O–H groups in total. The van der Waals surface area contributed by atoms with Crippen LogP contribution in [0.4, 0.5) is 0 Å². The third-order valence-corrected chi connectivity index (χ3v) is 4.95. The lowest BCUT2D eigenvalue weighted by atomic mass is 10.1. The number of aliphatic carboxylic acids is 1. The van der Waals surface area contributed by atoms with Crippen LogP contribution < -0.4 is 0 Å². The van der Waals surface area contributed by atoms with E-state index in [-0.39, 0.29) is 6.04 Å². The van der Waals surface area contributed by atoms with Gasteiger partial charge in [0, 0.05) is 24.3 Å². The van der Waals surface area contributed by atoms with Crippen LogP contribution in [0.5, 0.6) is 0 Å². The molecule has 26 heavy (non-hydrogen) atoms. The van der Waals surface area contributed by atoms with Crippen molar-refractivity contribution in [3.05, 3.63) is 61.1 Å². The predicted octanol–water partition coefficient (Wildman–Crippen LogP) is 2.94. The second-order valence-corrected chi connectivity index (χ2v) is 6.61. The van der Waals surface area contributed by atoms with Gasteiger partial charge in [0.15, 0.2) is 0 Å². The SMILES string of the molecule is CN1C[C@@H](n2cnc(-c3ccccc3)c2-c2ccccn2)C[C@H]1C(=O)O. The number of benzene rings is 1. The third-order valence-electron chi connectivity index (χ3n) is 4.95. The third kappa shape index (κ3) is 2.88. The highest BCUT2D eigenvalue weighted by atomic mass is 16.4. The van der Waals surface area contributed by atoms with Crippen molar-refractivity contribution in [1.82, 2.24) is 19.4 Å². The van der Waals surface area contributed by atoms with Crippen LogP contribution in [0.25, 0.3) is 22.6 Å². The maximum atomic E-state index is 11.5. The molecule has 0 radical (unpaired) electrons. The Labute approximate surface area is 151 Å². The van der Waals surface area contributed by atoms with E-state index in [2.05, 4.69) is 14.5 Å². The number of aromatic nitrogens is 3. The molecule has 3 heterocycles. The number of carboxylic acid groups (broad SMARTS) is 1. The summed E-state index contributed by atoms with van der Waals surface area (Å²) in [6.07, 6.45) is 4.13. The van der Waals surface area contributed by atoms with Crippen molar-refractivity contribution in [3.8, 4) is 22.6 Å². The molecule has 6 heteroatoms. The van der Waals surface area contributed by atoms with E-state index in [1.807, 2.05) is 66.8 Å². The first-order valence-corrected chi connectivity index (χ1v) is 8.62. The molecule has 0 spiro atoms. The summed E-state index contributed by atoms with van der Waals surface area (Å²) in [4.78, 5) is 22.6. The fourth-order valence-corrected chi connectivity index (χ4v) is 3.66. The quantitative estimate of drug-likeness (QED) is 0.785. The van der Waals surface area contributed by atoms with E-state index in [1.165, 1.54) is 0 Å². The molecule has 0 bridgehead atoms. The minimum atomic E-state index is -0.780. The van der Waals surface area contributed by atoms with Gasteiger partial charge in [-0.25, -0.2) is 4.98 Å². The van der Waals surface area contributed by atoms with Crippen LogP contribution in [0, 0.1) is 0 Å². The summed E-state index contributed by atoms with van der Waals surface area (Å²) in [5.41, 5.74) is 3.66. The number of hydrogen-bond donors (Lipinski definition) is 1. The van der Waals surface area contributed by atoms with E-state index < -0.39 is 12.0 Å². The minimum Gasteiger partial charge on any atom is -0.480 e. The number of pyridine rings is 1. The molecule has 3 aromatic rings. The summed E-state index contributed by atoms with van der Waals surface area (Å²) in [6.45, 7) is 0.668. The molecule has 0 aliphatic carbocycles. The van der Waals surface area contributed by atoms with E-state index in [1.54, 1.807) is 6.20 Å². The van der Waals surface area contributed by atoms with Gasteiger partial charge >= 0.3 is 5.97 Å². The van der Waals surface area contributed by atoms with Crippen molar-refractivity contribution in [1.29, 1.82) is 0 Å². The van der Waals surface area contributed by atoms with Crippen LogP contribution in [0.3, 0.4) is 0 Å². The van der Waals surface area contributed by atoms with E-state index in [0.717, 1.165) is 22.6 Å². The van der Waals surface area contributed by atoms with Gasteiger partial charge in [-0.15, -0.1) is 0 Å². The number of hydrogen-bond acceptors (Lipinski definition) is 4. The lowest BCUT2D eigenvalue weighted by Gasteiger charge is -2.16. The predicted molar refractivity (Wildman–Crippen MR) is 98.6 cm³/mol. The van der Waals surface area contributed by atoms with Crippen LogP contribution in [0.2, 0.25) is 0 Å². The fraction of sp³-hybridized carbons (Fsp3) is 0.250. The zero-order valence-electron chi connectivity index (χ0n) is 14.5. The molecule has 1 aliphatic heterocycles. The van der Waals surface area contributed by atoms with Crippen LogP contribution in [0.1, 0.15) is 12.5 Å². The molecule has 4 rings (SSSR count). The number of likely N-dealkylation sites (tertiary alicyclic amines) is 1. The number of nitrogens with zero attached hydrogens (tertiary/aromatic N) is 4. The molecule has 2 atom stereocenters. The van der Waals surface area contributed by atoms with Crippen LogP contribution in [0.15, 0.2) is 61.1 Å². The molecular weight excluding hydrogens is 328 g/mol. The number of imidazole rings is 1. The molecule has 0 unspecified atom stereocenters. The first-order valence-electron chi connectivity index (χ1n) is 8.62. The molecule has 1 aliphatic rings. The van der Waals surface area contributed by atoms with Gasteiger partial charge in [0.2, 0.25) is 0 Å². The standard InChI is InChI=1S/C20H20N4O2/c1-23-12-15(11-17(23)20(25)26)24-13-22-18(14-7-3-2-4-8-14)19(24)16-9-5-6-10-21-16/h2-10,13,15,17H,11-12H2,1H3,(H,25,26)/t15-,17-/m0/s1. The average molecular weight is 348 g/mol. The monoisotopic (exact) mass is 348 g/mol. The van der Waals surface area contributed by atoms with Gasteiger partial charge in [0.1, 0.15) is 6.04 Å². The maximum Gasteiger partial charge on any atom is 0.320 e. The first kappa shape index (κ1) is 16.5. The highest BCUT2D eigenvalue weighted by Crippen LogP contribution is 2.35. The van der Waals surface area contributed by atoms with Crippen molar-refractivity contribution >= 4 is 5.97 Å². The smallest absolute Gasteiger partial charge is 0.320 e. The van der Waals surface area contributed by atoms with Crippen LogP contribution in [-0.2, 0) is 4.79 Å². The van der Waals surface area contributed by atoms with Gasteiger partial charge in [-0.05, 0) is 25.6 Å². The topological polar surface area (TPSA) is 71.2 Å². The molecule has 0 amide bonds. The molecule has 1 fully saturated rings. The summed E-state index contributed by atoms with van der Waals surface area (Å²) >= 11 is 0. The van der Waals surface area contributed by atoms with Gasteiger partial charge in [-0.2, -0.15) is 0 Å². The van der Waals surface area contributed by atoms with Crippen molar-refractivity contribution in [2.24, 2.45) is 0 Å². The van der Waals surface area contributed by atoms with E-state index in [9.17, 15) is 9.90 Å². The van der Waals surface area contributed by atoms with Gasteiger partial charge < -0.3 is 9.67 Å². The van der Waals surface area contributed by atoms with E-state index >= 15 is 0 Å². The normalized spacial score (nSPS) is 20.3. The van der Waals surface area contributed by atoms with Gasteiger partial charge in [0.05, 0.1) is 23.4 Å². The Balaban J connectivity index is 1.81. The fourth-order valence-electron chi connectivity index (χ4n) is 3.66. The zero-order valence-corrected chi connectivity index (χ0v) is 14.5. The lowest BCUT2D eigenvalue weighted by molar-refractivity contribution is -0.141. The number of carbonyl (C=O) groups is 1. The Hall–Kier alpha value is -2.99. The summed E-state index contributed by atoms with van der Waals surface area (Å²) in [7, 11) is 1.86. The summed E-state index contributed by atoms with van der Waals surface area (Å²) < 4.78 is 2.09. The molecule has 2 aromatic heterocycles. The van der Waals surface area contributed by atoms with Crippen molar-refractivity contribution in [3.63, 3.8) is 0 Å². The average Bonchev–Trinajstić information content (AvgIpc) is 3.27. The lowest BCUT2D eigenvalue weighted by Crippen LogP contribution is -2.32. The maximum absolute atomic E-state index is 11.5. The van der Waals surface area contributed by atoms with Gasteiger partial charge in [0.25, 0.3) is 0 Å². The Bertz CT molecular complexity index is 908. The van der Waals surface area contributed by atoms with Crippen molar-refractivity contribution in [2.75, 3.05) is 13.6 Å². The molecule has 0 saturated carbocycles. The first-order chi connectivity index (χ1) is 12.6.